The van der Waals surface area contributed by atoms with Crippen molar-refractivity contribution in [2.45, 2.75) is 44.7 Å². The molecule has 1 saturated carbocycles. The molecule has 21 heavy (non-hydrogen) atoms. The third-order valence-electron chi connectivity index (χ3n) is 4.69. The van der Waals surface area contributed by atoms with Crippen LogP contribution in [0.2, 0.25) is 0 Å². The van der Waals surface area contributed by atoms with Crippen molar-refractivity contribution in [3.63, 3.8) is 0 Å². The molecule has 0 radical (unpaired) electrons. The number of hydrogen-bond acceptors (Lipinski definition) is 4. The normalized spacial score (nSPS) is 23.0. The molecule has 6 heteroatoms. The molecule has 1 fully saturated rings. The SMILES string of the molecule is CNC1CCCCC1[N+](C)(C)c1cnc(C(N)=O)c(C)n1. The lowest BCUT2D eigenvalue weighted by molar-refractivity contribution is 0.0994. The smallest absolute Gasteiger partial charge is 0.269 e. The summed E-state index contributed by atoms with van der Waals surface area (Å²) in [7, 11) is 6.34. The quantitative estimate of drug-likeness (QED) is 0.811. The Hall–Kier alpha value is -1.53. The van der Waals surface area contributed by atoms with E-state index >= 15 is 0 Å². The van der Waals surface area contributed by atoms with Crippen LogP contribution in [-0.2, 0) is 0 Å². The zero-order chi connectivity index (χ0) is 15.6. The molecule has 1 aromatic heterocycles. The second kappa shape index (κ2) is 6.07. The summed E-state index contributed by atoms with van der Waals surface area (Å²) < 4.78 is 0.665. The van der Waals surface area contributed by atoms with Crippen LogP contribution in [0.15, 0.2) is 6.20 Å². The third kappa shape index (κ3) is 3.06. The zero-order valence-corrected chi connectivity index (χ0v) is 13.4. The highest BCUT2D eigenvalue weighted by atomic mass is 16.1. The first-order valence-electron chi connectivity index (χ1n) is 7.53. The molecule has 0 saturated heterocycles. The largest absolute Gasteiger partial charge is 0.364 e. The molecule has 2 unspecified atom stereocenters. The van der Waals surface area contributed by atoms with Gasteiger partial charge in [-0.1, -0.05) is 6.42 Å². The Labute approximate surface area is 126 Å². The molecule has 2 rings (SSSR count). The highest BCUT2D eigenvalue weighted by molar-refractivity contribution is 5.91. The fourth-order valence-electron chi connectivity index (χ4n) is 3.38. The van der Waals surface area contributed by atoms with Crippen molar-refractivity contribution in [3.8, 4) is 0 Å². The molecule has 6 nitrogen and oxygen atoms in total. The van der Waals surface area contributed by atoms with Gasteiger partial charge in [-0.05, 0) is 26.8 Å². The van der Waals surface area contributed by atoms with Gasteiger partial charge >= 0.3 is 0 Å². The maximum absolute atomic E-state index is 11.3. The van der Waals surface area contributed by atoms with Gasteiger partial charge in [0.05, 0.1) is 25.8 Å². The minimum atomic E-state index is -0.525. The van der Waals surface area contributed by atoms with Crippen LogP contribution in [0, 0.1) is 6.92 Å². The number of aryl methyl sites for hydroxylation is 1. The fourth-order valence-corrected chi connectivity index (χ4v) is 3.38. The lowest BCUT2D eigenvalue weighted by atomic mass is 9.88. The number of quaternary nitrogens is 1. The number of hydrogen-bond donors (Lipinski definition) is 2. The molecule has 0 bridgehead atoms. The molecule has 1 aromatic rings. The van der Waals surface area contributed by atoms with Gasteiger partial charge in [0.2, 0.25) is 5.82 Å². The topological polar surface area (TPSA) is 80.9 Å². The Morgan fingerprint density at radius 3 is 2.62 bits per heavy atom. The molecule has 1 aliphatic rings. The van der Waals surface area contributed by atoms with E-state index in [0.717, 1.165) is 12.2 Å². The first kappa shape index (κ1) is 15.9. The van der Waals surface area contributed by atoms with Gasteiger partial charge in [0.1, 0.15) is 17.9 Å². The number of amides is 1. The van der Waals surface area contributed by atoms with Gasteiger partial charge < -0.3 is 11.1 Å². The number of primary amides is 1. The van der Waals surface area contributed by atoms with Crippen LogP contribution < -0.4 is 15.5 Å². The van der Waals surface area contributed by atoms with Crippen LogP contribution in [0.25, 0.3) is 0 Å². The monoisotopic (exact) mass is 292 g/mol. The molecule has 0 aliphatic heterocycles. The first-order valence-corrected chi connectivity index (χ1v) is 7.53. The van der Waals surface area contributed by atoms with Gasteiger partial charge in [0.25, 0.3) is 5.91 Å². The summed E-state index contributed by atoms with van der Waals surface area (Å²) in [6, 6.07) is 0.934. The van der Waals surface area contributed by atoms with E-state index in [1.165, 1.54) is 19.3 Å². The van der Waals surface area contributed by atoms with Crippen molar-refractivity contribution >= 4 is 11.7 Å². The maximum atomic E-state index is 11.3. The fraction of sp³-hybridized carbons (Fsp3) is 0.667. The molecule has 0 aromatic carbocycles. The van der Waals surface area contributed by atoms with E-state index in [9.17, 15) is 4.79 Å². The van der Waals surface area contributed by atoms with E-state index in [2.05, 4.69) is 29.4 Å². The van der Waals surface area contributed by atoms with Gasteiger partial charge in [-0.15, -0.1) is 0 Å². The van der Waals surface area contributed by atoms with Crippen LogP contribution >= 0.6 is 0 Å². The van der Waals surface area contributed by atoms with E-state index in [-0.39, 0.29) is 5.69 Å². The summed E-state index contributed by atoms with van der Waals surface area (Å²) in [5.41, 5.74) is 6.16. The van der Waals surface area contributed by atoms with E-state index < -0.39 is 5.91 Å². The van der Waals surface area contributed by atoms with Crippen molar-refractivity contribution in [2.24, 2.45) is 5.73 Å². The Morgan fingerprint density at radius 1 is 1.38 bits per heavy atom. The lowest BCUT2D eigenvalue weighted by Crippen LogP contribution is -2.60. The Morgan fingerprint density at radius 2 is 2.05 bits per heavy atom. The number of nitrogens with two attached hydrogens (primary N) is 1. The van der Waals surface area contributed by atoms with Crippen molar-refractivity contribution in [1.82, 2.24) is 19.8 Å². The van der Waals surface area contributed by atoms with Crippen molar-refractivity contribution < 1.29 is 4.79 Å². The highest BCUT2D eigenvalue weighted by Gasteiger charge is 2.39. The summed E-state index contributed by atoms with van der Waals surface area (Å²) >= 11 is 0. The highest BCUT2D eigenvalue weighted by Crippen LogP contribution is 2.30. The number of carbonyl (C=O) groups excluding carboxylic acids is 1. The van der Waals surface area contributed by atoms with Gasteiger partial charge in [-0.25, -0.2) is 4.98 Å². The average molecular weight is 292 g/mol. The molecular formula is C15H26N5O+. The number of likely N-dealkylation sites (N-methyl/N-ethyl adjacent to an activating group) is 2. The maximum Gasteiger partial charge on any atom is 0.269 e. The molecule has 116 valence electrons. The second-order valence-electron chi connectivity index (χ2n) is 6.31. The number of nitrogens with one attached hydrogen (secondary N) is 1. The summed E-state index contributed by atoms with van der Waals surface area (Å²) in [6.07, 6.45) is 6.56. The number of carbonyl (C=O) groups is 1. The van der Waals surface area contributed by atoms with Crippen molar-refractivity contribution in [3.05, 3.63) is 17.6 Å². The number of rotatable bonds is 4. The van der Waals surface area contributed by atoms with Crippen LogP contribution in [0.4, 0.5) is 5.82 Å². The predicted molar refractivity (Wildman–Crippen MR) is 84.0 cm³/mol. The summed E-state index contributed by atoms with van der Waals surface area (Å²) in [5, 5.41) is 3.44. The van der Waals surface area contributed by atoms with E-state index in [1.54, 1.807) is 13.1 Å². The standard InChI is InChI=1S/C15H25N5O/c1-10-14(15(16)21)18-9-13(19-10)20(3,4)12-8-6-5-7-11(12)17-2/h9,11-12,17H,5-8H2,1-4H3,(H-,16,21)/p+1. The van der Waals surface area contributed by atoms with Crippen molar-refractivity contribution in [2.75, 3.05) is 21.1 Å². The Bertz CT molecular complexity index is 529. The van der Waals surface area contributed by atoms with E-state index in [1.807, 2.05) is 7.05 Å². The molecule has 3 N–H and O–H groups in total. The van der Waals surface area contributed by atoms with Gasteiger partial charge in [-0.2, -0.15) is 4.98 Å². The third-order valence-corrected chi connectivity index (χ3v) is 4.69. The summed E-state index contributed by atoms with van der Waals surface area (Å²) in [5.74, 6) is 0.354. The number of nitrogens with zero attached hydrogens (tertiary/aromatic N) is 3. The van der Waals surface area contributed by atoms with E-state index in [4.69, 9.17) is 5.73 Å². The van der Waals surface area contributed by atoms with E-state index in [0.29, 0.717) is 22.3 Å². The van der Waals surface area contributed by atoms with Gasteiger partial charge in [0, 0.05) is 6.42 Å². The molecule has 0 spiro atoms. The summed E-state index contributed by atoms with van der Waals surface area (Å²) in [4.78, 5) is 20.1. The first-order chi connectivity index (χ1) is 9.87. The average Bonchev–Trinajstić information content (AvgIpc) is 2.46. The Kier molecular flexibility index (Phi) is 4.58. The predicted octanol–water partition coefficient (Wildman–Crippen LogP) is 0.981. The van der Waals surface area contributed by atoms with Crippen LogP contribution in [-0.4, -0.2) is 49.1 Å². The molecule has 2 atom stereocenters. The molecule has 1 aliphatic carbocycles. The molecule has 1 amide bonds. The Balaban J connectivity index is 2.34. The minimum Gasteiger partial charge on any atom is -0.364 e. The molecular weight excluding hydrogens is 266 g/mol. The summed E-state index contributed by atoms with van der Waals surface area (Å²) in [6.45, 7) is 1.78. The van der Waals surface area contributed by atoms with Crippen LogP contribution in [0.1, 0.15) is 41.9 Å². The molecule has 1 heterocycles. The zero-order valence-electron chi connectivity index (χ0n) is 13.4. The second-order valence-corrected chi connectivity index (χ2v) is 6.31. The van der Waals surface area contributed by atoms with Gasteiger partial charge in [0.15, 0.2) is 0 Å². The van der Waals surface area contributed by atoms with Crippen LogP contribution in [0.3, 0.4) is 0 Å². The van der Waals surface area contributed by atoms with Gasteiger partial charge in [-0.3, -0.25) is 9.28 Å². The number of aromatic nitrogens is 2. The van der Waals surface area contributed by atoms with Crippen LogP contribution in [0.5, 0.6) is 0 Å². The van der Waals surface area contributed by atoms with Crippen molar-refractivity contribution in [1.29, 1.82) is 0 Å². The lowest BCUT2D eigenvalue weighted by Gasteiger charge is -2.42. The minimum absolute atomic E-state index is 0.257.